The molecule has 0 radical (unpaired) electrons. The van der Waals surface area contributed by atoms with E-state index in [2.05, 4.69) is 24.1 Å². The minimum absolute atomic E-state index is 0.112. The molecule has 17 heavy (non-hydrogen) atoms. The van der Waals surface area contributed by atoms with E-state index in [4.69, 9.17) is 5.73 Å². The Kier molecular flexibility index (Phi) is 4.65. The van der Waals surface area contributed by atoms with Crippen LogP contribution in [0, 0.1) is 5.92 Å². The van der Waals surface area contributed by atoms with Crippen molar-refractivity contribution >= 4 is 17.2 Å². The number of rotatable bonds is 5. The zero-order valence-corrected chi connectivity index (χ0v) is 11.7. The summed E-state index contributed by atoms with van der Waals surface area (Å²) >= 11 is 1.53. The number of hydrogen-bond donors (Lipinski definition) is 2. The third-order valence-electron chi connectivity index (χ3n) is 2.46. The molecule has 0 unspecified atom stereocenters. The van der Waals surface area contributed by atoms with Gasteiger partial charge >= 0.3 is 0 Å². The van der Waals surface area contributed by atoms with Crippen LogP contribution in [-0.4, -0.2) is 16.9 Å². The van der Waals surface area contributed by atoms with Crippen molar-refractivity contribution in [3.8, 4) is 0 Å². The van der Waals surface area contributed by atoms with Crippen molar-refractivity contribution in [2.24, 2.45) is 11.7 Å². The van der Waals surface area contributed by atoms with E-state index in [9.17, 15) is 4.79 Å². The summed E-state index contributed by atoms with van der Waals surface area (Å²) < 4.78 is 0. The number of amides is 1. The highest BCUT2D eigenvalue weighted by atomic mass is 32.1. The molecule has 0 saturated heterocycles. The van der Waals surface area contributed by atoms with Crippen molar-refractivity contribution in [1.29, 1.82) is 0 Å². The van der Waals surface area contributed by atoms with Crippen LogP contribution in [0.15, 0.2) is 11.6 Å². The molecule has 96 valence electrons. The lowest BCUT2D eigenvalue weighted by atomic mass is 10.0. The minimum Gasteiger partial charge on any atom is -0.343 e. The predicted molar refractivity (Wildman–Crippen MR) is 70.7 cm³/mol. The first-order valence-corrected chi connectivity index (χ1v) is 6.68. The van der Waals surface area contributed by atoms with Gasteiger partial charge in [0.15, 0.2) is 0 Å². The third-order valence-corrected chi connectivity index (χ3v) is 3.56. The lowest BCUT2D eigenvalue weighted by Crippen LogP contribution is -2.49. The van der Waals surface area contributed by atoms with E-state index in [1.54, 1.807) is 6.20 Å². The van der Waals surface area contributed by atoms with E-state index in [1.165, 1.54) is 11.3 Å². The number of thiazole rings is 1. The summed E-state index contributed by atoms with van der Waals surface area (Å²) in [5.41, 5.74) is 5.39. The van der Waals surface area contributed by atoms with Crippen molar-refractivity contribution in [1.82, 2.24) is 10.3 Å². The lowest BCUT2D eigenvalue weighted by Gasteiger charge is -2.26. The van der Waals surface area contributed by atoms with E-state index in [-0.39, 0.29) is 5.91 Å². The predicted octanol–water partition coefficient (Wildman–Crippen LogP) is 1.87. The highest BCUT2D eigenvalue weighted by Gasteiger charge is 2.27. The smallest absolute Gasteiger partial charge is 0.237 e. The summed E-state index contributed by atoms with van der Waals surface area (Å²) in [6.45, 7) is 7.98. The first kappa shape index (κ1) is 14.1. The molecule has 1 aromatic heterocycles. The van der Waals surface area contributed by atoms with Gasteiger partial charge in [-0.05, 0) is 26.2 Å². The Morgan fingerprint density at radius 1 is 1.59 bits per heavy atom. The second-order valence-electron chi connectivity index (χ2n) is 5.19. The summed E-state index contributed by atoms with van der Waals surface area (Å²) in [7, 11) is 0. The van der Waals surface area contributed by atoms with Crippen molar-refractivity contribution in [2.45, 2.75) is 45.7 Å². The summed E-state index contributed by atoms with van der Waals surface area (Å²) in [6.07, 6.45) is 2.43. The molecule has 0 fully saturated rings. The van der Waals surface area contributed by atoms with Gasteiger partial charge in [-0.1, -0.05) is 13.8 Å². The first-order chi connectivity index (χ1) is 7.83. The summed E-state index contributed by atoms with van der Waals surface area (Å²) in [5, 5.41) is 5.74. The maximum Gasteiger partial charge on any atom is 0.237 e. The molecule has 3 N–H and O–H groups in total. The second-order valence-corrected chi connectivity index (χ2v) is 6.08. The molecule has 1 amide bonds. The van der Waals surface area contributed by atoms with E-state index in [0.717, 1.165) is 5.01 Å². The van der Waals surface area contributed by atoms with Gasteiger partial charge in [-0.25, -0.2) is 4.98 Å². The van der Waals surface area contributed by atoms with Crippen LogP contribution in [0.25, 0.3) is 0 Å². The average molecular weight is 255 g/mol. The largest absolute Gasteiger partial charge is 0.343 e. The fourth-order valence-electron chi connectivity index (χ4n) is 1.60. The van der Waals surface area contributed by atoms with Gasteiger partial charge in [0.25, 0.3) is 0 Å². The monoisotopic (exact) mass is 255 g/mol. The van der Waals surface area contributed by atoms with Crippen LogP contribution in [0.1, 0.15) is 39.1 Å². The molecule has 1 rings (SSSR count). The number of hydrogen-bond acceptors (Lipinski definition) is 4. The molecule has 0 bridgehead atoms. The number of aromatic nitrogens is 1. The van der Waals surface area contributed by atoms with E-state index >= 15 is 0 Å². The topological polar surface area (TPSA) is 68.0 Å². The van der Waals surface area contributed by atoms with Crippen LogP contribution >= 0.6 is 11.3 Å². The number of nitrogens with one attached hydrogen (secondary N) is 1. The van der Waals surface area contributed by atoms with Gasteiger partial charge in [0.1, 0.15) is 5.01 Å². The average Bonchev–Trinajstić information content (AvgIpc) is 2.68. The molecule has 1 atom stereocenters. The van der Waals surface area contributed by atoms with Crippen molar-refractivity contribution in [2.75, 3.05) is 0 Å². The molecule has 0 aliphatic carbocycles. The fraction of sp³-hybridized carbons (Fsp3) is 0.667. The highest BCUT2D eigenvalue weighted by Crippen LogP contribution is 2.22. The maximum atomic E-state index is 11.9. The van der Waals surface area contributed by atoms with Crippen molar-refractivity contribution in [3.05, 3.63) is 16.6 Å². The molecule has 0 spiro atoms. The van der Waals surface area contributed by atoms with Crippen LogP contribution in [0.4, 0.5) is 0 Å². The molecule has 1 heterocycles. The van der Waals surface area contributed by atoms with Gasteiger partial charge in [0.05, 0.1) is 11.6 Å². The Morgan fingerprint density at radius 3 is 2.71 bits per heavy atom. The van der Waals surface area contributed by atoms with Crippen LogP contribution in [0.5, 0.6) is 0 Å². The maximum absolute atomic E-state index is 11.9. The third kappa shape index (κ3) is 4.09. The number of carbonyl (C=O) groups excluding carboxylic acids is 1. The van der Waals surface area contributed by atoms with Crippen molar-refractivity contribution < 1.29 is 4.79 Å². The molecular formula is C12H21N3OS. The second kappa shape index (κ2) is 5.60. The molecule has 0 aromatic carbocycles. The Bertz CT molecular complexity index is 360. The van der Waals surface area contributed by atoms with Crippen LogP contribution < -0.4 is 11.1 Å². The SMILES string of the molecule is CC(C)C[C@@H](N)C(=O)NC(C)(C)c1nccs1. The lowest BCUT2D eigenvalue weighted by molar-refractivity contribution is -0.124. The van der Waals surface area contributed by atoms with Crippen LogP contribution in [0.2, 0.25) is 0 Å². The Balaban J connectivity index is 2.62. The minimum atomic E-state index is -0.458. The van der Waals surface area contributed by atoms with Crippen LogP contribution in [-0.2, 0) is 10.3 Å². The summed E-state index contributed by atoms with van der Waals surface area (Å²) in [5.74, 6) is 0.303. The van der Waals surface area contributed by atoms with Crippen molar-refractivity contribution in [3.63, 3.8) is 0 Å². The van der Waals surface area contributed by atoms with Gasteiger partial charge in [-0.15, -0.1) is 11.3 Å². The summed E-state index contributed by atoms with van der Waals surface area (Å²) in [6, 6.07) is -0.450. The van der Waals surface area contributed by atoms with Gasteiger partial charge in [-0.2, -0.15) is 0 Å². The Labute approximate surface area is 107 Å². The van der Waals surface area contributed by atoms with Gasteiger partial charge in [0.2, 0.25) is 5.91 Å². The van der Waals surface area contributed by atoms with Gasteiger partial charge < -0.3 is 11.1 Å². The molecule has 5 heteroatoms. The normalized spacial score (nSPS) is 13.8. The Hall–Kier alpha value is -0.940. The molecule has 4 nitrogen and oxygen atoms in total. The van der Waals surface area contributed by atoms with Crippen LogP contribution in [0.3, 0.4) is 0 Å². The zero-order chi connectivity index (χ0) is 13.1. The first-order valence-electron chi connectivity index (χ1n) is 5.80. The highest BCUT2D eigenvalue weighted by molar-refractivity contribution is 7.09. The number of carbonyl (C=O) groups is 1. The van der Waals surface area contributed by atoms with Gasteiger partial charge in [-0.3, -0.25) is 4.79 Å². The van der Waals surface area contributed by atoms with E-state index in [1.807, 2.05) is 19.2 Å². The molecule has 0 aliphatic rings. The molecule has 0 saturated carbocycles. The van der Waals surface area contributed by atoms with Gasteiger partial charge in [0, 0.05) is 11.6 Å². The quantitative estimate of drug-likeness (QED) is 0.844. The standard InChI is InChI=1S/C12H21N3OS/c1-8(2)7-9(13)10(16)15-12(3,4)11-14-5-6-17-11/h5-6,8-9H,7,13H2,1-4H3,(H,15,16)/t9-/m1/s1. The molecule has 0 aliphatic heterocycles. The number of nitrogens with zero attached hydrogens (tertiary/aromatic N) is 1. The fourth-order valence-corrected chi connectivity index (χ4v) is 2.32. The zero-order valence-electron chi connectivity index (χ0n) is 10.9. The number of nitrogens with two attached hydrogens (primary N) is 1. The van der Waals surface area contributed by atoms with E-state index < -0.39 is 11.6 Å². The van der Waals surface area contributed by atoms with E-state index in [0.29, 0.717) is 12.3 Å². The molecular weight excluding hydrogens is 234 g/mol. The molecule has 1 aromatic rings. The Morgan fingerprint density at radius 2 is 2.24 bits per heavy atom. The summed E-state index contributed by atoms with van der Waals surface area (Å²) in [4.78, 5) is 16.2.